The molecule has 0 atom stereocenters. The number of carbonyl (C=O) groups excluding carboxylic acids is 2. The van der Waals surface area contributed by atoms with Crippen molar-refractivity contribution in [3.63, 3.8) is 0 Å². The van der Waals surface area contributed by atoms with E-state index in [2.05, 4.69) is 6.07 Å². The predicted octanol–water partition coefficient (Wildman–Crippen LogP) is 2.55. The summed E-state index contributed by atoms with van der Waals surface area (Å²) >= 11 is 0. The number of carbonyl (C=O) groups is 2. The lowest BCUT2D eigenvalue weighted by atomic mass is 10.1. The zero-order valence-corrected chi connectivity index (χ0v) is 13.9. The molecule has 0 spiro atoms. The lowest BCUT2D eigenvalue weighted by molar-refractivity contribution is 0.0718. The Balaban J connectivity index is 1.68. The van der Waals surface area contributed by atoms with Crippen molar-refractivity contribution in [2.45, 2.75) is 6.42 Å². The quantitative estimate of drug-likeness (QED) is 0.848. The molecule has 0 aromatic heterocycles. The van der Waals surface area contributed by atoms with Crippen molar-refractivity contribution >= 4 is 11.8 Å². The third-order valence-electron chi connectivity index (χ3n) is 4.33. The minimum absolute atomic E-state index is 0.00127. The molecule has 2 aromatic carbocycles. The molecule has 1 aliphatic heterocycles. The molecule has 1 fully saturated rings. The second kappa shape index (κ2) is 7.63. The van der Waals surface area contributed by atoms with E-state index in [1.807, 2.05) is 30.3 Å². The normalized spacial score (nSPS) is 14.5. The van der Waals surface area contributed by atoms with E-state index in [9.17, 15) is 9.59 Å². The fraction of sp³-hybridized carbons (Fsp3) is 0.250. The van der Waals surface area contributed by atoms with E-state index in [-0.39, 0.29) is 11.8 Å². The number of nitriles is 1. The van der Waals surface area contributed by atoms with Gasteiger partial charge in [-0.1, -0.05) is 24.3 Å². The Labute approximate surface area is 147 Å². The Kier molecular flexibility index (Phi) is 5.10. The fourth-order valence-electron chi connectivity index (χ4n) is 2.99. The molecule has 0 saturated carbocycles. The van der Waals surface area contributed by atoms with Gasteiger partial charge in [-0.05, 0) is 36.8 Å². The van der Waals surface area contributed by atoms with Gasteiger partial charge in [0.05, 0.1) is 11.6 Å². The summed E-state index contributed by atoms with van der Waals surface area (Å²) in [5.74, 6) is -0.0903. The summed E-state index contributed by atoms with van der Waals surface area (Å²) in [6.45, 7) is 2.25. The molecule has 0 unspecified atom stereocenters. The van der Waals surface area contributed by atoms with Crippen molar-refractivity contribution in [3.8, 4) is 6.07 Å². The Hall–Kier alpha value is -3.13. The SMILES string of the molecule is N#Cc1cccc(C(=O)N2CCCN(C(=O)c3ccccc3)CC2)c1. The Morgan fingerprint density at radius 2 is 1.40 bits per heavy atom. The van der Waals surface area contributed by atoms with E-state index in [4.69, 9.17) is 5.26 Å². The summed E-state index contributed by atoms with van der Waals surface area (Å²) in [5, 5.41) is 8.98. The van der Waals surface area contributed by atoms with E-state index >= 15 is 0 Å². The van der Waals surface area contributed by atoms with Gasteiger partial charge in [0.2, 0.25) is 0 Å². The van der Waals surface area contributed by atoms with Crippen LogP contribution in [0.4, 0.5) is 0 Å². The standard InChI is InChI=1S/C20H19N3O2/c21-15-16-6-4-9-18(14-16)20(25)23-11-5-10-22(12-13-23)19(24)17-7-2-1-3-8-17/h1-4,6-9,14H,5,10-13H2. The van der Waals surface area contributed by atoms with Crippen molar-refractivity contribution in [2.75, 3.05) is 26.2 Å². The largest absolute Gasteiger partial charge is 0.337 e. The third kappa shape index (κ3) is 3.86. The minimum Gasteiger partial charge on any atom is -0.337 e. The molecule has 5 heteroatoms. The molecule has 2 amide bonds. The van der Waals surface area contributed by atoms with Crippen molar-refractivity contribution in [3.05, 3.63) is 71.3 Å². The van der Waals surface area contributed by atoms with Gasteiger partial charge in [0.25, 0.3) is 11.8 Å². The smallest absolute Gasteiger partial charge is 0.253 e. The summed E-state index contributed by atoms with van der Waals surface area (Å²) in [5.41, 5.74) is 1.66. The van der Waals surface area contributed by atoms with Crippen LogP contribution in [0.25, 0.3) is 0 Å². The maximum atomic E-state index is 12.7. The zero-order valence-electron chi connectivity index (χ0n) is 13.9. The van der Waals surface area contributed by atoms with Crippen LogP contribution in [0.3, 0.4) is 0 Å². The monoisotopic (exact) mass is 333 g/mol. The molecular weight excluding hydrogens is 314 g/mol. The van der Waals surface area contributed by atoms with Crippen molar-refractivity contribution < 1.29 is 9.59 Å². The fourth-order valence-corrected chi connectivity index (χ4v) is 2.99. The lowest BCUT2D eigenvalue weighted by Crippen LogP contribution is -2.37. The van der Waals surface area contributed by atoms with Crippen LogP contribution in [0.15, 0.2) is 54.6 Å². The molecule has 25 heavy (non-hydrogen) atoms. The number of hydrogen-bond acceptors (Lipinski definition) is 3. The van der Waals surface area contributed by atoms with Crippen LogP contribution < -0.4 is 0 Å². The lowest BCUT2D eigenvalue weighted by Gasteiger charge is -2.22. The van der Waals surface area contributed by atoms with E-state index in [1.54, 1.807) is 34.1 Å². The molecule has 0 aliphatic carbocycles. The number of benzene rings is 2. The molecule has 0 N–H and O–H groups in total. The summed E-state index contributed by atoms with van der Waals surface area (Å²) in [6, 6.07) is 18.0. The third-order valence-corrected chi connectivity index (χ3v) is 4.33. The molecule has 5 nitrogen and oxygen atoms in total. The first-order valence-corrected chi connectivity index (χ1v) is 8.33. The topological polar surface area (TPSA) is 64.4 Å². The van der Waals surface area contributed by atoms with Gasteiger partial charge in [0, 0.05) is 37.3 Å². The first-order valence-electron chi connectivity index (χ1n) is 8.33. The highest BCUT2D eigenvalue weighted by atomic mass is 16.2. The van der Waals surface area contributed by atoms with Gasteiger partial charge in [-0.2, -0.15) is 5.26 Å². The highest BCUT2D eigenvalue weighted by molar-refractivity contribution is 5.95. The maximum Gasteiger partial charge on any atom is 0.253 e. The van der Waals surface area contributed by atoms with Crippen molar-refractivity contribution in [1.29, 1.82) is 5.26 Å². The summed E-state index contributed by atoms with van der Waals surface area (Å²) in [4.78, 5) is 28.8. The summed E-state index contributed by atoms with van der Waals surface area (Å²) in [7, 11) is 0. The van der Waals surface area contributed by atoms with E-state index in [0.717, 1.165) is 6.42 Å². The zero-order chi connectivity index (χ0) is 17.6. The number of amides is 2. The van der Waals surface area contributed by atoms with Gasteiger partial charge in [-0.25, -0.2) is 0 Å². The Morgan fingerprint density at radius 3 is 2.04 bits per heavy atom. The summed E-state index contributed by atoms with van der Waals surface area (Å²) in [6.07, 6.45) is 0.738. The van der Waals surface area contributed by atoms with Crippen molar-refractivity contribution in [1.82, 2.24) is 9.80 Å². The number of hydrogen-bond donors (Lipinski definition) is 0. The van der Waals surface area contributed by atoms with Gasteiger partial charge < -0.3 is 9.80 Å². The summed E-state index contributed by atoms with van der Waals surface area (Å²) < 4.78 is 0. The minimum atomic E-state index is -0.0916. The highest BCUT2D eigenvalue weighted by Gasteiger charge is 2.23. The van der Waals surface area contributed by atoms with Crippen LogP contribution in [0.1, 0.15) is 32.7 Å². The molecule has 0 bridgehead atoms. The highest BCUT2D eigenvalue weighted by Crippen LogP contribution is 2.13. The van der Waals surface area contributed by atoms with Gasteiger partial charge in [-0.3, -0.25) is 9.59 Å². The molecule has 0 radical (unpaired) electrons. The number of nitrogens with zero attached hydrogens (tertiary/aromatic N) is 3. The number of rotatable bonds is 2. The first kappa shape index (κ1) is 16.7. The second-order valence-electron chi connectivity index (χ2n) is 6.00. The van der Waals surface area contributed by atoms with Crippen molar-refractivity contribution in [2.24, 2.45) is 0 Å². The van der Waals surface area contributed by atoms with Gasteiger partial charge in [0.15, 0.2) is 0 Å². The van der Waals surface area contributed by atoms with Crippen LogP contribution in [0, 0.1) is 11.3 Å². The molecule has 1 aliphatic rings. The molecule has 1 heterocycles. The van der Waals surface area contributed by atoms with Crippen LogP contribution in [0.2, 0.25) is 0 Å². The van der Waals surface area contributed by atoms with Gasteiger partial charge in [-0.15, -0.1) is 0 Å². The first-order chi connectivity index (χ1) is 12.2. The average Bonchev–Trinajstić information content (AvgIpc) is 2.94. The molecule has 1 saturated heterocycles. The average molecular weight is 333 g/mol. The van der Waals surface area contributed by atoms with E-state index in [1.165, 1.54) is 0 Å². The van der Waals surface area contributed by atoms with Crippen LogP contribution in [-0.2, 0) is 0 Å². The molecular formula is C20H19N3O2. The van der Waals surface area contributed by atoms with Crippen LogP contribution in [-0.4, -0.2) is 47.8 Å². The van der Waals surface area contributed by atoms with Crippen LogP contribution in [0.5, 0.6) is 0 Å². The molecule has 3 rings (SSSR count). The molecule has 2 aromatic rings. The van der Waals surface area contributed by atoms with E-state index in [0.29, 0.717) is 42.9 Å². The Morgan fingerprint density at radius 1 is 0.800 bits per heavy atom. The molecule has 126 valence electrons. The second-order valence-corrected chi connectivity index (χ2v) is 6.00. The predicted molar refractivity (Wildman–Crippen MR) is 94.0 cm³/mol. The van der Waals surface area contributed by atoms with Gasteiger partial charge in [0.1, 0.15) is 0 Å². The van der Waals surface area contributed by atoms with Gasteiger partial charge >= 0.3 is 0 Å². The van der Waals surface area contributed by atoms with Crippen LogP contribution >= 0.6 is 0 Å². The van der Waals surface area contributed by atoms with E-state index < -0.39 is 0 Å². The maximum absolute atomic E-state index is 12.7. The Bertz CT molecular complexity index is 811.